The van der Waals surface area contributed by atoms with Crippen molar-refractivity contribution in [3.63, 3.8) is 0 Å². The van der Waals surface area contributed by atoms with Crippen LogP contribution >= 0.6 is 11.8 Å². The average molecular weight is 347 g/mol. The summed E-state index contributed by atoms with van der Waals surface area (Å²) in [6, 6.07) is 8.96. The van der Waals surface area contributed by atoms with Crippen molar-refractivity contribution in [2.75, 3.05) is 6.54 Å². The number of nitrogens with one attached hydrogen (secondary N) is 2. The molecule has 0 aliphatic carbocycles. The van der Waals surface area contributed by atoms with Gasteiger partial charge in [0.05, 0.1) is 0 Å². The maximum Gasteiger partial charge on any atom is 0.321 e. The lowest BCUT2D eigenvalue weighted by molar-refractivity contribution is -0.119. The molecule has 24 heavy (non-hydrogen) atoms. The maximum absolute atomic E-state index is 12.6. The second-order valence-corrected chi connectivity index (χ2v) is 6.44. The van der Waals surface area contributed by atoms with E-state index in [-0.39, 0.29) is 6.04 Å². The van der Waals surface area contributed by atoms with E-state index < -0.39 is 17.2 Å². The summed E-state index contributed by atoms with van der Waals surface area (Å²) in [5.74, 6) is -0.393. The molecule has 0 radical (unpaired) electrons. The Morgan fingerprint density at radius 1 is 1.25 bits per heavy atom. The molecule has 2 N–H and O–H groups in total. The molecule has 0 aliphatic heterocycles. The van der Waals surface area contributed by atoms with E-state index in [1.54, 1.807) is 13.3 Å². The Kier molecular flexibility index (Phi) is 6.36. The van der Waals surface area contributed by atoms with E-state index in [1.807, 2.05) is 48.7 Å². The molecule has 1 aromatic heterocycles. The Bertz CT molecular complexity index is 687. The van der Waals surface area contributed by atoms with Crippen LogP contribution in [0.1, 0.15) is 37.6 Å². The van der Waals surface area contributed by atoms with Gasteiger partial charge < -0.3 is 9.88 Å². The predicted molar refractivity (Wildman–Crippen MR) is 92.7 cm³/mol. The van der Waals surface area contributed by atoms with Crippen LogP contribution in [0.4, 0.5) is 4.79 Å². The molecule has 0 unspecified atom stereocenters. The summed E-state index contributed by atoms with van der Waals surface area (Å²) < 4.78 is 1.89. The highest BCUT2D eigenvalue weighted by atomic mass is 32.2. The van der Waals surface area contributed by atoms with Crippen molar-refractivity contribution in [2.24, 2.45) is 0 Å². The van der Waals surface area contributed by atoms with Gasteiger partial charge in [-0.25, -0.2) is 4.79 Å². The first kappa shape index (κ1) is 18.0. The van der Waals surface area contributed by atoms with Gasteiger partial charge in [-0.2, -0.15) is 0 Å². The molecule has 1 atom stereocenters. The number of rotatable bonds is 6. The van der Waals surface area contributed by atoms with Crippen LogP contribution in [-0.4, -0.2) is 33.2 Å². The van der Waals surface area contributed by atoms with Crippen molar-refractivity contribution >= 4 is 23.7 Å². The van der Waals surface area contributed by atoms with Crippen LogP contribution in [0.5, 0.6) is 0 Å². The Morgan fingerprint density at radius 2 is 1.96 bits per heavy atom. The van der Waals surface area contributed by atoms with E-state index in [1.165, 1.54) is 11.8 Å². The number of amides is 3. The monoisotopic (exact) mass is 347 g/mol. The highest BCUT2D eigenvalue weighted by Crippen LogP contribution is 2.35. The summed E-state index contributed by atoms with van der Waals surface area (Å²) in [4.78, 5) is 24.3. The van der Waals surface area contributed by atoms with Gasteiger partial charge in [-0.1, -0.05) is 42.1 Å². The third-order valence-electron chi connectivity index (χ3n) is 3.23. The lowest BCUT2D eigenvalue weighted by Gasteiger charge is -2.17. The number of urea groups is 1. The van der Waals surface area contributed by atoms with Crippen LogP contribution in [-0.2, 0) is 4.79 Å². The molecule has 0 saturated carbocycles. The van der Waals surface area contributed by atoms with E-state index in [0.717, 1.165) is 5.56 Å². The lowest BCUT2D eigenvalue weighted by atomic mass is 10.1. The summed E-state index contributed by atoms with van der Waals surface area (Å²) in [5.41, 5.74) is 0.794. The molecule has 128 valence electrons. The Labute approximate surface area is 145 Å². The molecule has 0 aliphatic rings. The summed E-state index contributed by atoms with van der Waals surface area (Å²) in [6.07, 6.45) is 1.64. The zero-order valence-corrected chi connectivity index (χ0v) is 14.7. The minimum atomic E-state index is -0.601. The largest absolute Gasteiger partial charge is 0.338 e. The summed E-state index contributed by atoms with van der Waals surface area (Å²) in [6.45, 7) is 6.27. The second kappa shape index (κ2) is 8.49. The van der Waals surface area contributed by atoms with Crippen LogP contribution in [0.15, 0.2) is 41.8 Å². The van der Waals surface area contributed by atoms with Crippen LogP contribution in [0, 0.1) is 0 Å². The van der Waals surface area contributed by atoms with Gasteiger partial charge in [-0.15, -0.1) is 10.2 Å². The summed E-state index contributed by atoms with van der Waals surface area (Å²) in [5, 5.41) is 13.0. The first-order valence-corrected chi connectivity index (χ1v) is 8.60. The number of thioether (sulfide) groups is 1. The third-order valence-corrected chi connectivity index (χ3v) is 4.46. The number of carbonyl (C=O) groups is 2. The molecule has 0 fully saturated rings. The van der Waals surface area contributed by atoms with Crippen LogP contribution in [0.2, 0.25) is 0 Å². The van der Waals surface area contributed by atoms with E-state index in [9.17, 15) is 9.59 Å². The van der Waals surface area contributed by atoms with Gasteiger partial charge in [0.2, 0.25) is 5.91 Å². The zero-order valence-electron chi connectivity index (χ0n) is 13.9. The second-order valence-electron chi connectivity index (χ2n) is 5.37. The maximum atomic E-state index is 12.6. The molecule has 0 spiro atoms. The Morgan fingerprint density at radius 3 is 2.58 bits per heavy atom. The average Bonchev–Trinajstić information content (AvgIpc) is 3.02. The molecule has 3 amide bonds. The molecule has 2 aromatic rings. The van der Waals surface area contributed by atoms with Crippen LogP contribution in [0.25, 0.3) is 0 Å². The number of aromatic nitrogens is 3. The van der Waals surface area contributed by atoms with Gasteiger partial charge in [0.1, 0.15) is 11.6 Å². The molecular formula is C16H21N5O2S. The quantitative estimate of drug-likeness (QED) is 0.784. The van der Waals surface area contributed by atoms with E-state index in [4.69, 9.17) is 0 Å². The smallest absolute Gasteiger partial charge is 0.321 e. The molecule has 2 rings (SSSR count). The number of nitrogens with zero attached hydrogens (tertiary/aromatic N) is 3. The highest BCUT2D eigenvalue weighted by molar-refractivity contribution is 8.00. The van der Waals surface area contributed by atoms with Gasteiger partial charge in [-0.05, 0) is 26.3 Å². The van der Waals surface area contributed by atoms with Gasteiger partial charge in [0.15, 0.2) is 5.16 Å². The van der Waals surface area contributed by atoms with Gasteiger partial charge >= 0.3 is 6.03 Å². The van der Waals surface area contributed by atoms with Gasteiger partial charge in [0, 0.05) is 12.6 Å². The minimum absolute atomic E-state index is 0.172. The minimum Gasteiger partial charge on any atom is -0.338 e. The number of imide groups is 1. The lowest BCUT2D eigenvalue weighted by Crippen LogP contribution is -2.41. The normalized spacial score (nSPS) is 12.0. The third kappa shape index (κ3) is 4.58. The first-order valence-electron chi connectivity index (χ1n) is 7.72. The summed E-state index contributed by atoms with van der Waals surface area (Å²) >= 11 is 1.27. The zero-order chi connectivity index (χ0) is 17.5. The highest BCUT2D eigenvalue weighted by Gasteiger charge is 2.26. The van der Waals surface area contributed by atoms with Crippen molar-refractivity contribution in [1.29, 1.82) is 0 Å². The predicted octanol–water partition coefficient (Wildman–Crippen LogP) is 2.54. The van der Waals surface area contributed by atoms with Crippen LogP contribution in [0.3, 0.4) is 0 Å². The molecule has 7 nitrogen and oxygen atoms in total. The van der Waals surface area contributed by atoms with Crippen molar-refractivity contribution in [3.8, 4) is 0 Å². The molecule has 1 aromatic carbocycles. The fourth-order valence-corrected chi connectivity index (χ4v) is 3.20. The van der Waals surface area contributed by atoms with E-state index >= 15 is 0 Å². The number of carbonyl (C=O) groups excluding carboxylic acids is 2. The molecule has 1 heterocycles. The van der Waals surface area contributed by atoms with Gasteiger partial charge in [0.25, 0.3) is 0 Å². The Balaban J connectivity index is 2.25. The first-order chi connectivity index (χ1) is 11.5. The van der Waals surface area contributed by atoms with E-state index in [2.05, 4.69) is 20.8 Å². The molecule has 0 saturated heterocycles. The summed E-state index contributed by atoms with van der Waals surface area (Å²) in [7, 11) is 0. The molecule has 8 heteroatoms. The number of hydrogen-bond donors (Lipinski definition) is 2. The van der Waals surface area contributed by atoms with Crippen LogP contribution < -0.4 is 10.6 Å². The fourth-order valence-electron chi connectivity index (χ4n) is 2.06. The SMILES string of the molecule is CCNC(=O)NC(=O)[C@@H](Sc1nncn1C(C)C)c1ccccc1. The van der Waals surface area contributed by atoms with E-state index in [0.29, 0.717) is 11.7 Å². The molecular weight excluding hydrogens is 326 g/mol. The van der Waals surface area contributed by atoms with Crippen molar-refractivity contribution < 1.29 is 9.59 Å². The van der Waals surface area contributed by atoms with Crippen molar-refractivity contribution in [3.05, 3.63) is 42.2 Å². The number of benzene rings is 1. The van der Waals surface area contributed by atoms with Crippen molar-refractivity contribution in [2.45, 2.75) is 37.2 Å². The Hall–Kier alpha value is -2.35. The fraction of sp³-hybridized carbons (Fsp3) is 0.375. The standard InChI is InChI=1S/C16H21N5O2S/c1-4-17-15(23)19-14(22)13(12-8-6-5-7-9-12)24-16-20-18-10-21(16)11(2)3/h5-11,13H,4H2,1-3H3,(H2,17,19,22,23)/t13-/m0/s1. The van der Waals surface area contributed by atoms with Gasteiger partial charge in [-0.3, -0.25) is 10.1 Å². The van der Waals surface area contributed by atoms with Crippen molar-refractivity contribution in [1.82, 2.24) is 25.4 Å². The molecule has 0 bridgehead atoms. The number of hydrogen-bond acceptors (Lipinski definition) is 5. The topological polar surface area (TPSA) is 88.9 Å².